The van der Waals surface area contributed by atoms with Crippen molar-refractivity contribution < 1.29 is 15.0 Å². The third kappa shape index (κ3) is 2.93. The van der Waals surface area contributed by atoms with Gasteiger partial charge in [0.2, 0.25) is 0 Å². The highest BCUT2D eigenvalue weighted by molar-refractivity contribution is 7.14. The molecular weight excluding hydrogens is 238 g/mol. The number of carbonyl (C=O) groups is 1. The molecule has 1 aliphatic rings. The number of aryl methyl sites for hydroxylation is 1. The number of rotatable bonds is 4. The zero-order valence-electron chi connectivity index (χ0n) is 9.80. The molecule has 0 saturated carbocycles. The van der Waals surface area contributed by atoms with E-state index in [0.29, 0.717) is 13.1 Å². The molecule has 5 heteroatoms. The highest BCUT2D eigenvalue weighted by atomic mass is 32.1. The Morgan fingerprint density at radius 1 is 1.41 bits per heavy atom. The predicted octanol–water partition coefficient (Wildman–Crippen LogP) is 0.531. The molecule has 1 aromatic heterocycles. The van der Waals surface area contributed by atoms with Crippen molar-refractivity contribution in [3.63, 3.8) is 0 Å². The van der Waals surface area contributed by atoms with E-state index < -0.39 is 12.2 Å². The van der Waals surface area contributed by atoms with Gasteiger partial charge in [0.25, 0.3) is 0 Å². The summed E-state index contributed by atoms with van der Waals surface area (Å²) in [6.45, 7) is 3.09. The van der Waals surface area contributed by atoms with Gasteiger partial charge in [0.05, 0.1) is 23.6 Å². The molecule has 0 radical (unpaired) electrons. The molecule has 1 saturated heterocycles. The van der Waals surface area contributed by atoms with E-state index in [9.17, 15) is 15.0 Å². The summed E-state index contributed by atoms with van der Waals surface area (Å²) in [4.78, 5) is 15.7. The maximum atomic E-state index is 11.9. The molecule has 2 unspecified atom stereocenters. The first-order valence-corrected chi connectivity index (χ1v) is 6.62. The maximum Gasteiger partial charge on any atom is 0.186 e. The predicted molar refractivity (Wildman–Crippen MR) is 66.5 cm³/mol. The first-order valence-electron chi connectivity index (χ1n) is 5.80. The smallest absolute Gasteiger partial charge is 0.186 e. The van der Waals surface area contributed by atoms with Crippen molar-refractivity contribution in [3.8, 4) is 0 Å². The van der Waals surface area contributed by atoms with Crippen LogP contribution in [0.5, 0.6) is 0 Å². The SMILES string of the molecule is CCc1ccc(C(=O)CN2CC(O)C(O)C2)s1. The van der Waals surface area contributed by atoms with Crippen LogP contribution in [-0.2, 0) is 6.42 Å². The highest BCUT2D eigenvalue weighted by Gasteiger charge is 2.30. The Labute approximate surface area is 104 Å². The van der Waals surface area contributed by atoms with Crippen LogP contribution in [-0.4, -0.2) is 52.7 Å². The minimum Gasteiger partial charge on any atom is -0.389 e. The van der Waals surface area contributed by atoms with E-state index in [2.05, 4.69) is 6.92 Å². The van der Waals surface area contributed by atoms with E-state index in [-0.39, 0.29) is 12.3 Å². The minimum atomic E-state index is -0.725. The highest BCUT2D eigenvalue weighted by Crippen LogP contribution is 2.19. The standard InChI is InChI=1S/C12H17NO3S/c1-2-8-3-4-12(17-8)11(16)7-13-5-9(14)10(15)6-13/h3-4,9-10,14-15H,2,5-7H2,1H3. The van der Waals surface area contributed by atoms with Crippen molar-refractivity contribution in [1.29, 1.82) is 0 Å². The summed E-state index contributed by atoms with van der Waals surface area (Å²) >= 11 is 1.52. The lowest BCUT2D eigenvalue weighted by molar-refractivity contribution is 0.0572. The van der Waals surface area contributed by atoms with Crippen LogP contribution in [0.4, 0.5) is 0 Å². The Morgan fingerprint density at radius 3 is 2.59 bits per heavy atom. The summed E-state index contributed by atoms with van der Waals surface area (Å²) in [6.07, 6.45) is -0.506. The molecule has 0 spiro atoms. The van der Waals surface area contributed by atoms with Gasteiger partial charge in [-0.25, -0.2) is 0 Å². The second kappa shape index (κ2) is 5.27. The topological polar surface area (TPSA) is 60.8 Å². The molecule has 1 aliphatic heterocycles. The van der Waals surface area contributed by atoms with Crippen LogP contribution in [0.3, 0.4) is 0 Å². The van der Waals surface area contributed by atoms with Crippen molar-refractivity contribution in [2.75, 3.05) is 19.6 Å². The molecule has 0 aromatic carbocycles. The molecule has 0 aliphatic carbocycles. The maximum absolute atomic E-state index is 11.9. The Morgan fingerprint density at radius 2 is 2.06 bits per heavy atom. The summed E-state index contributed by atoms with van der Waals surface area (Å²) < 4.78 is 0. The summed E-state index contributed by atoms with van der Waals surface area (Å²) in [5.74, 6) is 0.0657. The third-order valence-electron chi connectivity index (χ3n) is 2.99. The molecule has 0 amide bonds. The van der Waals surface area contributed by atoms with E-state index in [1.54, 1.807) is 4.90 Å². The van der Waals surface area contributed by atoms with Gasteiger partial charge in [0.1, 0.15) is 0 Å². The number of hydrogen-bond donors (Lipinski definition) is 2. The molecule has 1 fully saturated rings. The van der Waals surface area contributed by atoms with Gasteiger partial charge in [0.15, 0.2) is 5.78 Å². The van der Waals surface area contributed by atoms with Gasteiger partial charge < -0.3 is 10.2 Å². The fourth-order valence-corrected chi connectivity index (χ4v) is 2.85. The molecule has 2 atom stereocenters. The Kier molecular flexibility index (Phi) is 3.93. The largest absolute Gasteiger partial charge is 0.389 e. The van der Waals surface area contributed by atoms with Gasteiger partial charge in [-0.1, -0.05) is 6.92 Å². The lowest BCUT2D eigenvalue weighted by Gasteiger charge is -2.12. The van der Waals surface area contributed by atoms with Gasteiger partial charge in [0, 0.05) is 18.0 Å². The average molecular weight is 255 g/mol. The number of hydrogen-bond acceptors (Lipinski definition) is 5. The number of aliphatic hydroxyl groups is 2. The van der Waals surface area contributed by atoms with Crippen molar-refractivity contribution in [2.45, 2.75) is 25.6 Å². The van der Waals surface area contributed by atoms with Gasteiger partial charge in [-0.15, -0.1) is 11.3 Å². The van der Waals surface area contributed by atoms with Crippen molar-refractivity contribution in [1.82, 2.24) is 4.90 Å². The van der Waals surface area contributed by atoms with Crippen LogP contribution in [0.25, 0.3) is 0 Å². The number of aliphatic hydroxyl groups excluding tert-OH is 2. The summed E-state index contributed by atoms with van der Waals surface area (Å²) in [5.41, 5.74) is 0. The van der Waals surface area contributed by atoms with Crippen molar-refractivity contribution in [2.24, 2.45) is 0 Å². The molecule has 2 heterocycles. The van der Waals surface area contributed by atoms with E-state index in [4.69, 9.17) is 0 Å². The summed E-state index contributed by atoms with van der Waals surface area (Å²) in [7, 11) is 0. The van der Waals surface area contributed by atoms with Gasteiger partial charge in [-0.3, -0.25) is 9.69 Å². The number of Topliss-reactive ketones (excluding diaryl/α,β-unsaturated/α-hetero) is 1. The van der Waals surface area contributed by atoms with Crippen LogP contribution >= 0.6 is 11.3 Å². The molecular formula is C12H17NO3S. The molecule has 4 nitrogen and oxygen atoms in total. The van der Waals surface area contributed by atoms with Crippen LogP contribution < -0.4 is 0 Å². The number of carbonyl (C=O) groups excluding carboxylic acids is 1. The summed E-state index contributed by atoms with van der Waals surface area (Å²) in [5, 5.41) is 18.8. The fraction of sp³-hybridized carbons (Fsp3) is 0.583. The molecule has 94 valence electrons. The van der Waals surface area contributed by atoms with Crippen LogP contribution in [0, 0.1) is 0 Å². The Balaban J connectivity index is 1.93. The van der Waals surface area contributed by atoms with E-state index in [0.717, 1.165) is 11.3 Å². The number of likely N-dealkylation sites (tertiary alicyclic amines) is 1. The fourth-order valence-electron chi connectivity index (χ4n) is 1.97. The Hall–Kier alpha value is -0.750. The molecule has 1 aromatic rings. The average Bonchev–Trinajstić information content (AvgIpc) is 2.87. The number of β-amino-alcohol motifs (C(OH)–C–C–N with tert-alkyl or cyclic N) is 2. The normalized spacial score (nSPS) is 25.4. The molecule has 2 rings (SSSR count). The first kappa shape index (κ1) is 12.7. The number of ketones is 1. The van der Waals surface area contributed by atoms with Crippen LogP contribution in [0.1, 0.15) is 21.5 Å². The van der Waals surface area contributed by atoms with Crippen LogP contribution in [0.2, 0.25) is 0 Å². The van der Waals surface area contributed by atoms with Gasteiger partial charge in [-0.05, 0) is 18.6 Å². The van der Waals surface area contributed by atoms with Gasteiger partial charge in [-0.2, -0.15) is 0 Å². The monoisotopic (exact) mass is 255 g/mol. The summed E-state index contributed by atoms with van der Waals surface area (Å²) in [6, 6.07) is 3.83. The van der Waals surface area contributed by atoms with E-state index in [1.165, 1.54) is 16.2 Å². The van der Waals surface area contributed by atoms with E-state index >= 15 is 0 Å². The van der Waals surface area contributed by atoms with Crippen molar-refractivity contribution in [3.05, 3.63) is 21.9 Å². The van der Waals surface area contributed by atoms with Gasteiger partial charge >= 0.3 is 0 Å². The lowest BCUT2D eigenvalue weighted by Crippen LogP contribution is -2.28. The quantitative estimate of drug-likeness (QED) is 0.771. The van der Waals surface area contributed by atoms with Crippen LogP contribution in [0.15, 0.2) is 12.1 Å². The Bertz CT molecular complexity index is 394. The van der Waals surface area contributed by atoms with Crippen molar-refractivity contribution >= 4 is 17.1 Å². The number of thiophene rings is 1. The second-order valence-electron chi connectivity index (χ2n) is 4.37. The zero-order valence-corrected chi connectivity index (χ0v) is 10.6. The minimum absolute atomic E-state index is 0.0657. The van der Waals surface area contributed by atoms with E-state index in [1.807, 2.05) is 12.1 Å². The first-order chi connectivity index (χ1) is 8.10. The lowest BCUT2D eigenvalue weighted by atomic mass is 10.3. The third-order valence-corrected chi connectivity index (χ3v) is 4.26. The molecule has 17 heavy (non-hydrogen) atoms. The number of nitrogens with zero attached hydrogens (tertiary/aromatic N) is 1. The second-order valence-corrected chi connectivity index (χ2v) is 5.54. The molecule has 2 N–H and O–H groups in total. The molecule has 0 bridgehead atoms. The zero-order chi connectivity index (χ0) is 12.4.